The van der Waals surface area contributed by atoms with Crippen LogP contribution in [0, 0.1) is 11.3 Å². The normalized spacial score (nSPS) is 23.9. The van der Waals surface area contributed by atoms with Crippen LogP contribution >= 0.6 is 0 Å². The maximum absolute atomic E-state index is 12.0. The van der Waals surface area contributed by atoms with E-state index in [1.54, 1.807) is 13.0 Å². The van der Waals surface area contributed by atoms with E-state index in [4.69, 9.17) is 10.4 Å². The van der Waals surface area contributed by atoms with Crippen molar-refractivity contribution in [2.45, 2.75) is 37.5 Å². The van der Waals surface area contributed by atoms with Crippen molar-refractivity contribution in [3.05, 3.63) is 0 Å². The summed E-state index contributed by atoms with van der Waals surface area (Å²) in [5, 5.41) is 16.5. The Kier molecular flexibility index (Phi) is 3.88. The molecule has 1 rings (SSSR count). The maximum Gasteiger partial charge on any atom is 0.322 e. The number of carboxylic acid groups (broad SMARTS) is 1. The molecule has 0 radical (unpaired) electrons. The second-order valence-corrected chi connectivity index (χ2v) is 5.75. The lowest BCUT2D eigenvalue weighted by Crippen LogP contribution is -2.44. The third kappa shape index (κ3) is 2.18. The van der Waals surface area contributed by atoms with E-state index < -0.39 is 27.3 Å². The van der Waals surface area contributed by atoms with Gasteiger partial charge in [0.15, 0.2) is 5.25 Å². The number of sulfonamides is 1. The lowest BCUT2D eigenvalue weighted by atomic mass is 10.2. The molecule has 90 valence electrons. The first-order valence-electron chi connectivity index (χ1n) is 5.08. The Bertz CT molecular complexity index is 412. The Labute approximate surface area is 94.5 Å². The number of rotatable bonds is 4. The molecule has 1 N–H and O–H groups in total. The number of nitrogens with zero attached hydrogens (tertiary/aromatic N) is 2. The van der Waals surface area contributed by atoms with Crippen molar-refractivity contribution in [2.75, 3.05) is 6.54 Å². The van der Waals surface area contributed by atoms with Gasteiger partial charge in [0.2, 0.25) is 10.0 Å². The topological polar surface area (TPSA) is 98.5 Å². The molecule has 16 heavy (non-hydrogen) atoms. The van der Waals surface area contributed by atoms with Crippen LogP contribution in [0.15, 0.2) is 0 Å². The van der Waals surface area contributed by atoms with Crippen molar-refractivity contribution >= 4 is 16.0 Å². The molecule has 6 nitrogen and oxygen atoms in total. The lowest BCUT2D eigenvalue weighted by molar-refractivity contribution is -0.140. The highest BCUT2D eigenvalue weighted by molar-refractivity contribution is 7.90. The van der Waals surface area contributed by atoms with Gasteiger partial charge in [0.05, 0.1) is 6.07 Å². The highest BCUT2D eigenvalue weighted by Crippen LogP contribution is 2.24. The van der Waals surface area contributed by atoms with Crippen LogP contribution in [0.3, 0.4) is 0 Å². The summed E-state index contributed by atoms with van der Waals surface area (Å²) >= 11 is 0. The fraction of sp³-hybridized carbons (Fsp3) is 0.778. The van der Waals surface area contributed by atoms with E-state index in [0.717, 1.165) is 4.31 Å². The standard InChI is InChI=1S/C9H14N2O4S/c1-2-7(6-10)16(14,15)11-5-3-4-8(11)9(12)13/h7-8H,2-5H2,1H3,(H,12,13). The smallest absolute Gasteiger partial charge is 0.322 e. The number of carbonyl (C=O) groups is 1. The largest absolute Gasteiger partial charge is 0.480 e. The molecule has 1 aliphatic heterocycles. The van der Waals surface area contributed by atoms with Crippen molar-refractivity contribution in [1.29, 1.82) is 5.26 Å². The lowest BCUT2D eigenvalue weighted by Gasteiger charge is -2.22. The Morgan fingerprint density at radius 1 is 1.69 bits per heavy atom. The summed E-state index contributed by atoms with van der Waals surface area (Å²) in [6.07, 6.45) is 1.01. The second kappa shape index (κ2) is 4.80. The predicted octanol–water partition coefficient (Wildman–Crippen LogP) is 0.167. The molecular formula is C9H14N2O4S. The van der Waals surface area contributed by atoms with Crippen molar-refractivity contribution in [3.8, 4) is 6.07 Å². The average molecular weight is 246 g/mol. The van der Waals surface area contributed by atoms with Crippen molar-refractivity contribution in [1.82, 2.24) is 4.31 Å². The molecule has 1 saturated heterocycles. The zero-order valence-electron chi connectivity index (χ0n) is 8.96. The van der Waals surface area contributed by atoms with Crippen LogP contribution in [0.5, 0.6) is 0 Å². The first-order valence-corrected chi connectivity index (χ1v) is 6.58. The van der Waals surface area contributed by atoms with E-state index in [1.807, 2.05) is 0 Å². The number of hydrogen-bond donors (Lipinski definition) is 1. The first kappa shape index (κ1) is 12.9. The molecule has 0 aromatic heterocycles. The molecule has 0 aliphatic carbocycles. The fourth-order valence-electron chi connectivity index (χ4n) is 1.82. The van der Waals surface area contributed by atoms with Gasteiger partial charge in [-0.3, -0.25) is 4.79 Å². The minimum atomic E-state index is -3.80. The van der Waals surface area contributed by atoms with Crippen LogP contribution in [-0.2, 0) is 14.8 Å². The van der Waals surface area contributed by atoms with E-state index in [2.05, 4.69) is 0 Å². The van der Waals surface area contributed by atoms with Crippen molar-refractivity contribution in [3.63, 3.8) is 0 Å². The Morgan fingerprint density at radius 2 is 2.31 bits per heavy atom. The van der Waals surface area contributed by atoms with Gasteiger partial charge in [-0.25, -0.2) is 8.42 Å². The molecule has 1 fully saturated rings. The van der Waals surface area contributed by atoms with Gasteiger partial charge in [0.25, 0.3) is 0 Å². The van der Waals surface area contributed by atoms with Gasteiger partial charge in [0, 0.05) is 6.54 Å². The molecule has 0 bridgehead atoms. The summed E-state index contributed by atoms with van der Waals surface area (Å²) in [6.45, 7) is 1.79. The molecule has 7 heteroatoms. The molecule has 0 saturated carbocycles. The molecule has 0 aromatic rings. The van der Waals surface area contributed by atoms with Gasteiger partial charge in [-0.15, -0.1) is 0 Å². The number of nitriles is 1. The number of aliphatic carboxylic acids is 1. The summed E-state index contributed by atoms with van der Waals surface area (Å²) in [7, 11) is -3.80. The minimum absolute atomic E-state index is 0.168. The SMILES string of the molecule is CCC(C#N)S(=O)(=O)N1CCCC1C(=O)O. The van der Waals surface area contributed by atoms with E-state index in [1.165, 1.54) is 0 Å². The molecule has 0 aromatic carbocycles. The van der Waals surface area contributed by atoms with Crippen LogP contribution in [0.4, 0.5) is 0 Å². The van der Waals surface area contributed by atoms with E-state index in [9.17, 15) is 13.2 Å². The summed E-state index contributed by atoms with van der Waals surface area (Å²) in [6, 6.07) is 0.699. The molecule has 1 heterocycles. The Hall–Kier alpha value is -1.13. The quantitative estimate of drug-likeness (QED) is 0.762. The number of hydrogen-bond acceptors (Lipinski definition) is 4. The van der Waals surface area contributed by atoms with Crippen LogP contribution in [0.2, 0.25) is 0 Å². The van der Waals surface area contributed by atoms with E-state index in [0.29, 0.717) is 12.8 Å². The van der Waals surface area contributed by atoms with Crippen LogP contribution in [-0.4, -0.2) is 41.6 Å². The van der Waals surface area contributed by atoms with Crippen LogP contribution in [0.1, 0.15) is 26.2 Å². The zero-order chi connectivity index (χ0) is 12.3. The van der Waals surface area contributed by atoms with Gasteiger partial charge < -0.3 is 5.11 Å². The third-order valence-corrected chi connectivity index (χ3v) is 4.94. The van der Waals surface area contributed by atoms with Crippen LogP contribution in [0.25, 0.3) is 0 Å². The minimum Gasteiger partial charge on any atom is -0.480 e. The Balaban J connectivity index is 3.00. The Morgan fingerprint density at radius 3 is 2.75 bits per heavy atom. The highest BCUT2D eigenvalue weighted by atomic mass is 32.2. The molecule has 0 amide bonds. The molecule has 2 atom stereocenters. The molecule has 1 aliphatic rings. The maximum atomic E-state index is 12.0. The summed E-state index contributed by atoms with van der Waals surface area (Å²) < 4.78 is 24.9. The zero-order valence-corrected chi connectivity index (χ0v) is 9.77. The van der Waals surface area contributed by atoms with E-state index >= 15 is 0 Å². The van der Waals surface area contributed by atoms with E-state index in [-0.39, 0.29) is 13.0 Å². The van der Waals surface area contributed by atoms with Gasteiger partial charge in [0.1, 0.15) is 6.04 Å². The van der Waals surface area contributed by atoms with Crippen molar-refractivity contribution < 1.29 is 18.3 Å². The molecule has 0 spiro atoms. The summed E-state index contributed by atoms with van der Waals surface area (Å²) in [5.41, 5.74) is 0. The first-order chi connectivity index (χ1) is 7.45. The summed E-state index contributed by atoms with van der Waals surface area (Å²) in [4.78, 5) is 10.9. The van der Waals surface area contributed by atoms with Crippen molar-refractivity contribution in [2.24, 2.45) is 0 Å². The van der Waals surface area contributed by atoms with Gasteiger partial charge in [-0.2, -0.15) is 9.57 Å². The monoisotopic (exact) mass is 246 g/mol. The fourth-order valence-corrected chi connectivity index (χ4v) is 3.64. The highest BCUT2D eigenvalue weighted by Gasteiger charge is 2.42. The summed E-state index contributed by atoms with van der Waals surface area (Å²) in [5.74, 6) is -1.14. The molecule has 2 unspecified atom stereocenters. The second-order valence-electron chi connectivity index (χ2n) is 3.68. The predicted molar refractivity (Wildman–Crippen MR) is 56.0 cm³/mol. The van der Waals surface area contributed by atoms with Gasteiger partial charge in [-0.1, -0.05) is 6.92 Å². The molecular weight excluding hydrogens is 232 g/mol. The number of carboxylic acids is 1. The van der Waals surface area contributed by atoms with Gasteiger partial charge in [-0.05, 0) is 19.3 Å². The van der Waals surface area contributed by atoms with Gasteiger partial charge >= 0.3 is 5.97 Å². The van der Waals surface area contributed by atoms with Crippen LogP contribution < -0.4 is 0 Å². The average Bonchev–Trinajstić information content (AvgIpc) is 2.67. The third-order valence-electron chi connectivity index (χ3n) is 2.69.